The quantitative estimate of drug-likeness (QED) is 0.154. The van der Waals surface area contributed by atoms with Gasteiger partial charge in [-0.05, 0) is 75.1 Å². The van der Waals surface area contributed by atoms with E-state index in [1.54, 1.807) is 11.3 Å². The minimum Gasteiger partial charge on any atom is -0.456 e. The van der Waals surface area contributed by atoms with E-state index in [0.717, 1.165) is 53.6 Å². The minimum absolute atomic E-state index is 0.0571. The minimum atomic E-state index is -0.567. The SMILES string of the molecule is [2H]c1cc(Oc2cc([2H])c([2H])c3c([2H])c([2H])c([2H])c([2H])c23)c(-c2nc(-c3cccc(-c4ccc(-c5ccccc5)cc4)c3)nc(-c3ccc4c(c3)sc3cccc(-c5ccccc5)c34)n2)c([2H])c1[2H]. The number of para-hydroxylation sites is 1. The summed E-state index contributed by atoms with van der Waals surface area (Å²) in [6, 6.07) is 47.0. The van der Waals surface area contributed by atoms with Gasteiger partial charge in [-0.25, -0.2) is 15.0 Å². The Balaban J connectivity index is 1.10. The van der Waals surface area contributed by atoms with Crippen molar-refractivity contribution in [1.29, 1.82) is 0 Å². The maximum absolute atomic E-state index is 9.32. The van der Waals surface area contributed by atoms with Gasteiger partial charge in [0, 0.05) is 36.7 Å². The van der Waals surface area contributed by atoms with Gasteiger partial charge in [-0.1, -0.05) is 176 Å². The monoisotopic (exact) mass is 794 g/mol. The van der Waals surface area contributed by atoms with Crippen molar-refractivity contribution >= 4 is 42.3 Å². The zero-order valence-corrected chi connectivity index (χ0v) is 32.5. The van der Waals surface area contributed by atoms with Crippen LogP contribution in [-0.4, -0.2) is 15.0 Å². The molecular weight excluding hydrogens is 751 g/mol. The smallest absolute Gasteiger partial charge is 0.167 e. The van der Waals surface area contributed by atoms with E-state index in [1.807, 2.05) is 72.8 Å². The zero-order valence-electron chi connectivity index (χ0n) is 40.7. The van der Waals surface area contributed by atoms with Gasteiger partial charge in [-0.15, -0.1) is 11.3 Å². The molecule has 0 aliphatic carbocycles. The van der Waals surface area contributed by atoms with E-state index < -0.39 is 42.3 Å². The van der Waals surface area contributed by atoms with Crippen LogP contribution in [0.25, 0.3) is 98.5 Å². The van der Waals surface area contributed by atoms with Crippen LogP contribution in [0.2, 0.25) is 0 Å². The third-order valence-electron chi connectivity index (χ3n) is 10.4. The van der Waals surface area contributed by atoms with E-state index in [2.05, 4.69) is 72.8 Å². The van der Waals surface area contributed by atoms with Crippen LogP contribution in [0, 0.1) is 0 Å². The van der Waals surface area contributed by atoms with Gasteiger partial charge in [0.25, 0.3) is 0 Å². The molecule has 0 bridgehead atoms. The third-order valence-corrected chi connectivity index (χ3v) is 11.5. The number of hydrogen-bond donors (Lipinski definition) is 0. The molecule has 0 saturated carbocycles. The van der Waals surface area contributed by atoms with Gasteiger partial charge < -0.3 is 4.74 Å². The van der Waals surface area contributed by atoms with Crippen molar-refractivity contribution in [2.24, 2.45) is 0 Å². The van der Waals surface area contributed by atoms with Gasteiger partial charge in [-0.3, -0.25) is 0 Å². The zero-order chi connectivity index (χ0) is 47.7. The van der Waals surface area contributed by atoms with Crippen LogP contribution in [0.5, 0.6) is 11.5 Å². The first kappa shape index (κ1) is 27.0. The van der Waals surface area contributed by atoms with Crippen LogP contribution in [0.1, 0.15) is 12.3 Å². The number of benzene rings is 9. The van der Waals surface area contributed by atoms with E-state index in [-0.39, 0.29) is 57.4 Å². The first-order valence-electron chi connectivity index (χ1n) is 23.8. The summed E-state index contributed by atoms with van der Waals surface area (Å²) in [5.74, 6) is 0.0721. The van der Waals surface area contributed by atoms with Crippen molar-refractivity contribution in [2.75, 3.05) is 0 Å². The summed E-state index contributed by atoms with van der Waals surface area (Å²) >= 11 is 1.65. The van der Waals surface area contributed by atoms with Crippen molar-refractivity contribution in [3.63, 3.8) is 0 Å². The van der Waals surface area contributed by atoms with Crippen LogP contribution in [0.3, 0.4) is 0 Å². The van der Waals surface area contributed by atoms with Crippen molar-refractivity contribution in [2.45, 2.75) is 0 Å². The molecule has 0 radical (unpaired) electrons. The predicted molar refractivity (Wildman–Crippen MR) is 249 cm³/mol. The lowest BCUT2D eigenvalue weighted by Crippen LogP contribution is -2.01. The Morgan fingerprint density at radius 3 is 1.80 bits per heavy atom. The molecule has 4 nitrogen and oxygen atoms in total. The molecule has 0 saturated heterocycles. The Labute approximate surface area is 364 Å². The van der Waals surface area contributed by atoms with E-state index >= 15 is 0 Å². The standard InChI is InChI=1S/C55H35N3OS/c1-3-14-36(15-4-1)37-28-30-38(31-29-37)41-20-11-21-42(34-41)53-56-54(43-32-33-47-51(35-43)60-50-27-13-24-45(52(47)50)40-16-5-2-6-17-40)58-55(57-53)46-23-9-10-25-49(46)59-48-26-12-19-39-18-7-8-22-44(39)48/h1-35H/i7D,8D,9D,10D,12D,18D,19D,22D,23D. The van der Waals surface area contributed by atoms with Gasteiger partial charge >= 0.3 is 0 Å². The summed E-state index contributed by atoms with van der Waals surface area (Å²) in [5.41, 5.74) is 7.45. The maximum atomic E-state index is 9.32. The van der Waals surface area contributed by atoms with E-state index in [9.17, 15) is 1.37 Å². The molecule has 0 aliphatic heterocycles. The second-order valence-electron chi connectivity index (χ2n) is 14.1. The Kier molecular flexibility index (Phi) is 6.86. The Morgan fingerprint density at radius 1 is 0.383 bits per heavy atom. The molecule has 0 aliphatic rings. The van der Waals surface area contributed by atoms with Gasteiger partial charge in [0.15, 0.2) is 17.5 Å². The fourth-order valence-corrected chi connectivity index (χ4v) is 8.68. The first-order valence-corrected chi connectivity index (χ1v) is 20.1. The van der Waals surface area contributed by atoms with Crippen molar-refractivity contribution in [3.05, 3.63) is 212 Å². The highest BCUT2D eigenvalue weighted by Crippen LogP contribution is 2.42. The molecule has 2 aromatic heterocycles. The number of aromatic nitrogens is 3. The Morgan fingerprint density at radius 2 is 0.983 bits per heavy atom. The number of fused-ring (bicyclic) bond motifs is 4. The van der Waals surface area contributed by atoms with Gasteiger partial charge in [0.05, 0.1) is 17.9 Å². The molecule has 0 fully saturated rings. The van der Waals surface area contributed by atoms with Crippen LogP contribution in [0.15, 0.2) is 212 Å². The van der Waals surface area contributed by atoms with E-state index in [1.165, 1.54) is 12.1 Å². The highest BCUT2D eigenvalue weighted by molar-refractivity contribution is 7.26. The summed E-state index contributed by atoms with van der Waals surface area (Å²) < 4.78 is 86.7. The van der Waals surface area contributed by atoms with Gasteiger partial charge in [0.1, 0.15) is 11.5 Å². The Bertz CT molecular complexity index is 3870. The lowest BCUT2D eigenvalue weighted by atomic mass is 9.99. The third kappa shape index (κ3) is 6.67. The van der Waals surface area contributed by atoms with E-state index in [4.69, 9.17) is 30.7 Å². The fraction of sp³-hybridized carbons (Fsp3) is 0. The number of rotatable bonds is 8. The molecule has 0 unspecified atom stereocenters. The van der Waals surface area contributed by atoms with Crippen LogP contribution >= 0.6 is 11.3 Å². The predicted octanol–water partition coefficient (Wildman–Crippen LogP) is 15.2. The number of nitrogens with zero attached hydrogens (tertiary/aromatic N) is 3. The average molecular weight is 795 g/mol. The molecule has 0 spiro atoms. The summed E-state index contributed by atoms with van der Waals surface area (Å²) in [4.78, 5) is 15.0. The lowest BCUT2D eigenvalue weighted by molar-refractivity contribution is 0.490. The molecule has 11 aromatic rings. The molecule has 0 N–H and O–H groups in total. The van der Waals surface area contributed by atoms with Crippen molar-refractivity contribution in [3.8, 4) is 79.0 Å². The molecule has 5 heteroatoms. The average Bonchev–Trinajstić information content (AvgIpc) is 3.76. The lowest BCUT2D eigenvalue weighted by Gasteiger charge is -2.14. The van der Waals surface area contributed by atoms with Crippen LogP contribution in [-0.2, 0) is 0 Å². The largest absolute Gasteiger partial charge is 0.456 e. The summed E-state index contributed by atoms with van der Waals surface area (Å²) in [6.07, 6.45) is 0. The number of hydrogen-bond acceptors (Lipinski definition) is 5. The number of thiophene rings is 1. The summed E-state index contributed by atoms with van der Waals surface area (Å²) in [5, 5.41) is 1.82. The normalized spacial score (nSPS) is 13.4. The Hall–Kier alpha value is -7.73. The van der Waals surface area contributed by atoms with Crippen LogP contribution < -0.4 is 4.74 Å². The van der Waals surface area contributed by atoms with Crippen molar-refractivity contribution in [1.82, 2.24) is 15.0 Å². The van der Waals surface area contributed by atoms with Gasteiger partial charge in [0.2, 0.25) is 0 Å². The van der Waals surface area contributed by atoms with Crippen molar-refractivity contribution < 1.29 is 17.1 Å². The number of ether oxygens (including phenoxy) is 1. The highest BCUT2D eigenvalue weighted by atomic mass is 32.1. The topological polar surface area (TPSA) is 47.9 Å². The second kappa shape index (κ2) is 15.2. The molecule has 2 heterocycles. The van der Waals surface area contributed by atoms with Crippen LogP contribution in [0.4, 0.5) is 0 Å². The summed E-state index contributed by atoms with van der Waals surface area (Å²) in [6.45, 7) is 0. The maximum Gasteiger partial charge on any atom is 0.167 e. The molecule has 9 aromatic carbocycles. The van der Waals surface area contributed by atoms with E-state index in [0.29, 0.717) is 11.1 Å². The summed E-state index contributed by atoms with van der Waals surface area (Å²) in [7, 11) is 0. The van der Waals surface area contributed by atoms with Gasteiger partial charge in [-0.2, -0.15) is 0 Å². The fourth-order valence-electron chi connectivity index (χ4n) is 7.51. The molecule has 60 heavy (non-hydrogen) atoms. The second-order valence-corrected chi connectivity index (χ2v) is 15.2. The molecule has 0 atom stereocenters. The first-order chi connectivity index (χ1) is 33.4. The highest BCUT2D eigenvalue weighted by Gasteiger charge is 2.19. The molecule has 282 valence electrons. The molecule has 0 amide bonds. The molecular formula is C55H35N3OS. The molecule has 11 rings (SSSR count).